The van der Waals surface area contributed by atoms with Crippen LogP contribution >= 0.6 is 11.3 Å². The van der Waals surface area contributed by atoms with Crippen LogP contribution in [0.25, 0.3) is 10.2 Å². The lowest BCUT2D eigenvalue weighted by molar-refractivity contribution is 0.0766. The molecule has 0 unspecified atom stereocenters. The summed E-state index contributed by atoms with van der Waals surface area (Å²) in [6.45, 7) is 3.47. The van der Waals surface area contributed by atoms with Gasteiger partial charge in [0.05, 0.1) is 16.6 Å². The van der Waals surface area contributed by atoms with Gasteiger partial charge in [0.1, 0.15) is 4.83 Å². The molecule has 1 N–H and O–H groups in total. The number of likely N-dealkylation sites (tertiary alicyclic amines) is 1. The Morgan fingerprint density at radius 1 is 1.30 bits per heavy atom. The van der Waals surface area contributed by atoms with Gasteiger partial charge in [-0.2, -0.15) is 0 Å². The second kappa shape index (κ2) is 5.36. The highest BCUT2D eigenvalue weighted by Gasteiger charge is 2.23. The number of hydrogen-bond acceptors (Lipinski definition) is 4. The third-order valence-electron chi connectivity index (χ3n) is 3.82. The van der Waals surface area contributed by atoms with Crippen LogP contribution in [0.3, 0.4) is 0 Å². The molecule has 0 bridgehead atoms. The van der Waals surface area contributed by atoms with Gasteiger partial charge in [-0.1, -0.05) is 12.8 Å². The van der Waals surface area contributed by atoms with Gasteiger partial charge in [-0.05, 0) is 25.3 Å². The molecular weight excluding hydrogens is 274 g/mol. The molecule has 3 heterocycles. The zero-order valence-corrected chi connectivity index (χ0v) is 12.3. The van der Waals surface area contributed by atoms with Gasteiger partial charge in [-0.3, -0.25) is 9.59 Å². The summed E-state index contributed by atoms with van der Waals surface area (Å²) in [7, 11) is 0. The van der Waals surface area contributed by atoms with Crippen molar-refractivity contribution in [3.63, 3.8) is 0 Å². The van der Waals surface area contributed by atoms with Crippen LogP contribution in [0.1, 0.15) is 40.9 Å². The topological polar surface area (TPSA) is 66.1 Å². The monoisotopic (exact) mass is 291 g/mol. The number of nitrogens with zero attached hydrogens (tertiary/aromatic N) is 2. The highest BCUT2D eigenvalue weighted by molar-refractivity contribution is 7.20. The molecule has 0 spiro atoms. The molecule has 6 heteroatoms. The lowest BCUT2D eigenvalue weighted by Crippen LogP contribution is -2.31. The molecule has 0 atom stereocenters. The molecule has 1 amide bonds. The van der Waals surface area contributed by atoms with Gasteiger partial charge in [-0.15, -0.1) is 11.3 Å². The number of fused-ring (bicyclic) bond motifs is 1. The number of amides is 1. The van der Waals surface area contributed by atoms with Crippen LogP contribution in [0.15, 0.2) is 11.1 Å². The van der Waals surface area contributed by atoms with Gasteiger partial charge in [0.15, 0.2) is 0 Å². The molecule has 20 heavy (non-hydrogen) atoms. The van der Waals surface area contributed by atoms with E-state index in [1.54, 1.807) is 0 Å². The second-order valence-electron chi connectivity index (χ2n) is 5.17. The average Bonchev–Trinajstić information content (AvgIpc) is 2.65. The first-order valence-corrected chi connectivity index (χ1v) is 7.76. The largest absolute Gasteiger partial charge is 0.338 e. The number of aromatic nitrogens is 2. The molecule has 3 rings (SSSR count). The van der Waals surface area contributed by atoms with Crippen molar-refractivity contribution in [3.8, 4) is 0 Å². The summed E-state index contributed by atoms with van der Waals surface area (Å²) in [4.78, 5) is 34.5. The molecule has 2 aromatic rings. The number of rotatable bonds is 1. The van der Waals surface area contributed by atoms with Gasteiger partial charge in [0.25, 0.3) is 11.5 Å². The minimum absolute atomic E-state index is 0.0480. The molecule has 2 aromatic heterocycles. The van der Waals surface area contributed by atoms with E-state index in [2.05, 4.69) is 9.97 Å². The fourth-order valence-electron chi connectivity index (χ4n) is 2.70. The lowest BCUT2D eigenvalue weighted by Gasteiger charge is -2.19. The third kappa shape index (κ3) is 2.24. The molecular formula is C14H17N3O2S. The SMILES string of the molecule is Cc1c(C(=O)N2CCCCCC2)sc2nc[nH]c(=O)c12. The van der Waals surface area contributed by atoms with Crippen molar-refractivity contribution in [3.05, 3.63) is 27.1 Å². The maximum atomic E-state index is 12.7. The van der Waals surface area contributed by atoms with Crippen LogP contribution in [0.2, 0.25) is 0 Å². The minimum Gasteiger partial charge on any atom is -0.338 e. The van der Waals surface area contributed by atoms with E-state index in [-0.39, 0.29) is 11.5 Å². The van der Waals surface area contributed by atoms with Crippen LogP contribution in [0, 0.1) is 6.92 Å². The van der Waals surface area contributed by atoms with E-state index in [1.165, 1.54) is 30.5 Å². The first-order chi connectivity index (χ1) is 9.68. The molecule has 0 aliphatic carbocycles. The summed E-state index contributed by atoms with van der Waals surface area (Å²) in [6.07, 6.45) is 5.90. The van der Waals surface area contributed by atoms with Gasteiger partial charge >= 0.3 is 0 Å². The second-order valence-corrected chi connectivity index (χ2v) is 6.17. The number of carbonyl (C=O) groups is 1. The van der Waals surface area contributed by atoms with Crippen molar-refractivity contribution in [2.75, 3.05) is 13.1 Å². The smallest absolute Gasteiger partial charge is 0.264 e. The summed E-state index contributed by atoms with van der Waals surface area (Å²) in [5.74, 6) is 0.0480. The van der Waals surface area contributed by atoms with Crippen molar-refractivity contribution in [2.24, 2.45) is 0 Å². The average molecular weight is 291 g/mol. The van der Waals surface area contributed by atoms with Crippen molar-refractivity contribution in [2.45, 2.75) is 32.6 Å². The number of nitrogens with one attached hydrogen (secondary N) is 1. The van der Waals surface area contributed by atoms with Crippen LogP contribution < -0.4 is 5.56 Å². The molecule has 0 radical (unpaired) electrons. The van der Waals surface area contributed by atoms with E-state index < -0.39 is 0 Å². The Morgan fingerprint density at radius 2 is 2.00 bits per heavy atom. The molecule has 1 aliphatic rings. The normalized spacial score (nSPS) is 16.4. The molecule has 106 valence electrons. The van der Waals surface area contributed by atoms with Gasteiger partial charge in [-0.25, -0.2) is 4.98 Å². The Bertz CT molecular complexity index is 696. The molecule has 5 nitrogen and oxygen atoms in total. The van der Waals surface area contributed by atoms with Crippen molar-refractivity contribution in [1.29, 1.82) is 0 Å². The molecule has 1 fully saturated rings. The van der Waals surface area contributed by atoms with E-state index >= 15 is 0 Å². The van der Waals surface area contributed by atoms with Crippen LogP contribution in [0.4, 0.5) is 0 Å². The highest BCUT2D eigenvalue weighted by Crippen LogP contribution is 2.28. The summed E-state index contributed by atoms with van der Waals surface area (Å²) in [6, 6.07) is 0. The quantitative estimate of drug-likeness (QED) is 0.876. The van der Waals surface area contributed by atoms with Crippen molar-refractivity contribution in [1.82, 2.24) is 14.9 Å². The van der Waals surface area contributed by atoms with Gasteiger partial charge < -0.3 is 9.88 Å². The Hall–Kier alpha value is -1.69. The van der Waals surface area contributed by atoms with E-state index in [1.807, 2.05) is 11.8 Å². The summed E-state index contributed by atoms with van der Waals surface area (Å²) in [5, 5.41) is 0.552. The standard InChI is InChI=1S/C14H17N3O2S/c1-9-10-12(18)15-8-16-13(10)20-11(9)14(19)17-6-4-2-3-5-7-17/h8H,2-7H2,1H3,(H,15,16,18). The van der Waals surface area contributed by atoms with Crippen molar-refractivity contribution < 1.29 is 4.79 Å². The number of carbonyl (C=O) groups excluding carboxylic acids is 1. The van der Waals surface area contributed by atoms with E-state index in [4.69, 9.17) is 0 Å². The van der Waals surface area contributed by atoms with E-state index in [9.17, 15) is 9.59 Å². The van der Waals surface area contributed by atoms with Crippen LogP contribution in [-0.2, 0) is 0 Å². The van der Waals surface area contributed by atoms with Crippen LogP contribution in [0.5, 0.6) is 0 Å². The van der Waals surface area contributed by atoms with Crippen LogP contribution in [-0.4, -0.2) is 33.9 Å². The number of aryl methyl sites for hydroxylation is 1. The Kier molecular flexibility index (Phi) is 3.56. The number of hydrogen-bond donors (Lipinski definition) is 1. The number of thiophene rings is 1. The van der Waals surface area contributed by atoms with Gasteiger partial charge in [0.2, 0.25) is 0 Å². The third-order valence-corrected chi connectivity index (χ3v) is 5.01. The maximum Gasteiger partial charge on any atom is 0.264 e. The number of H-pyrrole nitrogens is 1. The Labute approximate surface area is 120 Å². The van der Waals surface area contributed by atoms with Crippen molar-refractivity contribution >= 4 is 27.5 Å². The maximum absolute atomic E-state index is 12.7. The predicted molar refractivity (Wildman–Crippen MR) is 79.3 cm³/mol. The fourth-order valence-corrected chi connectivity index (χ4v) is 3.82. The van der Waals surface area contributed by atoms with Gasteiger partial charge in [0, 0.05) is 13.1 Å². The first-order valence-electron chi connectivity index (χ1n) is 6.94. The molecule has 1 saturated heterocycles. The lowest BCUT2D eigenvalue weighted by atomic mass is 10.2. The van der Waals surface area contributed by atoms with E-state index in [0.717, 1.165) is 31.5 Å². The zero-order chi connectivity index (χ0) is 14.1. The van der Waals surface area contributed by atoms with E-state index in [0.29, 0.717) is 15.1 Å². The molecule has 0 saturated carbocycles. The Morgan fingerprint density at radius 3 is 2.65 bits per heavy atom. The molecule has 1 aliphatic heterocycles. The molecule has 0 aromatic carbocycles. The summed E-state index contributed by atoms with van der Waals surface area (Å²) < 4.78 is 0. The fraction of sp³-hybridized carbons (Fsp3) is 0.500. The minimum atomic E-state index is -0.168. The predicted octanol–water partition coefficient (Wildman–Crippen LogP) is 2.31. The zero-order valence-electron chi connectivity index (χ0n) is 11.4. The Balaban J connectivity index is 2.01. The number of aromatic amines is 1. The summed E-state index contributed by atoms with van der Waals surface area (Å²) >= 11 is 1.32. The first kappa shape index (κ1) is 13.3. The summed E-state index contributed by atoms with van der Waals surface area (Å²) in [5.41, 5.74) is 0.590. The highest BCUT2D eigenvalue weighted by atomic mass is 32.1.